The van der Waals surface area contributed by atoms with Gasteiger partial charge in [-0.1, -0.05) is 314 Å². The van der Waals surface area contributed by atoms with Crippen LogP contribution in [0.4, 0.5) is 0 Å². The largest absolute Gasteiger partial charge is 0.466 e. The highest BCUT2D eigenvalue weighted by Gasteiger charge is 2.18. The minimum atomic E-state index is -0.845. The molecule has 0 spiro atoms. The second-order valence-electron chi connectivity index (χ2n) is 22.5. The number of amides is 1. The zero-order valence-electron chi connectivity index (χ0n) is 48.7. The molecule has 426 valence electrons. The summed E-state index contributed by atoms with van der Waals surface area (Å²) in [6.07, 6.45) is 76.6. The van der Waals surface area contributed by atoms with Crippen molar-refractivity contribution < 1.29 is 24.5 Å². The van der Waals surface area contributed by atoms with E-state index in [0.29, 0.717) is 19.4 Å². The summed E-state index contributed by atoms with van der Waals surface area (Å²) in [7, 11) is 0. The Bertz CT molecular complexity index is 1120. The van der Waals surface area contributed by atoms with E-state index < -0.39 is 12.1 Å². The average Bonchev–Trinajstić information content (AvgIpc) is 3.38. The van der Waals surface area contributed by atoms with Gasteiger partial charge in [-0.15, -0.1) is 0 Å². The second kappa shape index (κ2) is 61.9. The molecule has 6 heteroatoms. The van der Waals surface area contributed by atoms with Gasteiger partial charge in [-0.05, 0) is 57.8 Å². The number of aliphatic hydroxyl groups is 2. The fraction of sp³-hybridized carbons (Fsp3) is 0.909. The lowest BCUT2D eigenvalue weighted by molar-refractivity contribution is -0.143. The number of hydrogen-bond acceptors (Lipinski definition) is 5. The van der Waals surface area contributed by atoms with Crippen LogP contribution in [0.15, 0.2) is 24.3 Å². The van der Waals surface area contributed by atoms with E-state index in [2.05, 4.69) is 31.3 Å². The first kappa shape index (κ1) is 70.3. The number of ether oxygens (including phenoxy) is 1. The second-order valence-corrected chi connectivity index (χ2v) is 22.5. The monoisotopic (exact) mass is 1010 g/mol. The number of allylic oxidation sites excluding steroid dienone is 3. The molecule has 2 unspecified atom stereocenters. The third-order valence-electron chi connectivity index (χ3n) is 15.2. The van der Waals surface area contributed by atoms with Crippen LogP contribution in [0.3, 0.4) is 0 Å². The van der Waals surface area contributed by atoms with E-state index in [0.717, 1.165) is 38.5 Å². The molecule has 0 aromatic heterocycles. The molecule has 2 atom stereocenters. The van der Waals surface area contributed by atoms with Gasteiger partial charge in [-0.25, -0.2) is 0 Å². The van der Waals surface area contributed by atoms with Crippen molar-refractivity contribution in [3.05, 3.63) is 24.3 Å². The van der Waals surface area contributed by atoms with Gasteiger partial charge in [0, 0.05) is 12.8 Å². The van der Waals surface area contributed by atoms with Crippen LogP contribution in [0.25, 0.3) is 0 Å². The third kappa shape index (κ3) is 57.6. The summed E-state index contributed by atoms with van der Waals surface area (Å²) in [5, 5.41) is 23.1. The molecule has 3 N–H and O–H groups in total. The van der Waals surface area contributed by atoms with E-state index in [-0.39, 0.29) is 18.5 Å². The zero-order chi connectivity index (χ0) is 52.2. The summed E-state index contributed by atoms with van der Waals surface area (Å²) in [4.78, 5) is 24.5. The van der Waals surface area contributed by atoms with Gasteiger partial charge in [-0.3, -0.25) is 9.59 Å². The molecule has 0 aliphatic heterocycles. The highest BCUT2D eigenvalue weighted by atomic mass is 16.5. The number of carbonyl (C=O) groups is 2. The van der Waals surface area contributed by atoms with Crippen molar-refractivity contribution in [1.29, 1.82) is 0 Å². The zero-order valence-corrected chi connectivity index (χ0v) is 48.7. The van der Waals surface area contributed by atoms with E-state index >= 15 is 0 Å². The first-order chi connectivity index (χ1) is 35.5. The summed E-state index contributed by atoms with van der Waals surface area (Å²) in [6.45, 7) is 4.93. The number of hydrogen-bond donors (Lipinski definition) is 3. The molecule has 0 aromatic carbocycles. The van der Waals surface area contributed by atoms with Crippen LogP contribution in [0.1, 0.15) is 361 Å². The number of esters is 1. The fourth-order valence-electron chi connectivity index (χ4n) is 10.2. The van der Waals surface area contributed by atoms with Crippen LogP contribution in [-0.2, 0) is 14.3 Å². The van der Waals surface area contributed by atoms with Crippen molar-refractivity contribution in [3.8, 4) is 0 Å². The number of nitrogens with one attached hydrogen (secondary N) is 1. The van der Waals surface area contributed by atoms with Crippen LogP contribution in [0.2, 0.25) is 0 Å². The molecule has 0 rings (SSSR count). The summed E-state index contributed by atoms with van der Waals surface area (Å²) in [5.41, 5.74) is 0. The molecule has 0 saturated heterocycles. The molecule has 6 nitrogen and oxygen atoms in total. The molecule has 0 bridgehead atoms. The van der Waals surface area contributed by atoms with Crippen molar-refractivity contribution in [2.45, 2.75) is 373 Å². The van der Waals surface area contributed by atoms with Gasteiger partial charge in [0.25, 0.3) is 0 Å². The van der Waals surface area contributed by atoms with Crippen LogP contribution >= 0.6 is 0 Å². The van der Waals surface area contributed by atoms with Gasteiger partial charge in [0.1, 0.15) is 0 Å². The maximum atomic E-state index is 12.5. The molecular formula is C66H127NO5. The number of aliphatic hydroxyl groups excluding tert-OH is 2. The molecule has 0 aliphatic carbocycles. The van der Waals surface area contributed by atoms with E-state index in [4.69, 9.17) is 4.74 Å². The summed E-state index contributed by atoms with van der Waals surface area (Å²) < 4.78 is 5.49. The van der Waals surface area contributed by atoms with Gasteiger partial charge in [0.2, 0.25) is 5.91 Å². The fourth-order valence-corrected chi connectivity index (χ4v) is 10.2. The van der Waals surface area contributed by atoms with E-state index in [9.17, 15) is 19.8 Å². The molecule has 0 saturated carbocycles. The number of unbranched alkanes of at least 4 members (excludes halogenated alkanes) is 48. The highest BCUT2D eigenvalue weighted by Crippen LogP contribution is 2.18. The Kier molecular flexibility index (Phi) is 60.5. The standard InChI is InChI=1S/C66H127NO5/c1-3-5-7-9-11-13-15-17-31-36-40-44-48-52-56-60-66(71)72-61-57-53-49-45-41-37-33-30-28-26-24-22-20-19-21-23-25-27-29-32-35-39-43-47-51-55-59-65(70)67-63(62-68)64(69)58-54-50-46-42-38-34-18-16-14-12-10-8-6-4-2/h19,21,54,58,63-64,68-69H,3-18,20,22-53,55-57,59-62H2,1-2H3,(H,67,70)/b21-19-,58-54+. The van der Waals surface area contributed by atoms with E-state index in [1.54, 1.807) is 6.08 Å². The molecule has 72 heavy (non-hydrogen) atoms. The maximum absolute atomic E-state index is 12.5. The Morgan fingerprint density at radius 1 is 0.375 bits per heavy atom. The Hall–Kier alpha value is -1.66. The Morgan fingerprint density at radius 3 is 0.986 bits per heavy atom. The summed E-state index contributed by atoms with van der Waals surface area (Å²) in [5.74, 6) is -0.0511. The van der Waals surface area contributed by atoms with Crippen molar-refractivity contribution in [1.82, 2.24) is 5.32 Å². The Morgan fingerprint density at radius 2 is 0.653 bits per heavy atom. The maximum Gasteiger partial charge on any atom is 0.305 e. The Labute approximate surface area is 450 Å². The third-order valence-corrected chi connectivity index (χ3v) is 15.2. The van der Waals surface area contributed by atoms with Crippen LogP contribution < -0.4 is 5.32 Å². The molecule has 0 aliphatic rings. The first-order valence-corrected chi connectivity index (χ1v) is 32.6. The quantitative estimate of drug-likeness (QED) is 0.0320. The lowest BCUT2D eigenvalue weighted by atomic mass is 10.0. The minimum Gasteiger partial charge on any atom is -0.466 e. The first-order valence-electron chi connectivity index (χ1n) is 32.6. The molecule has 0 radical (unpaired) electrons. The van der Waals surface area contributed by atoms with Gasteiger partial charge in [0.15, 0.2) is 0 Å². The topological polar surface area (TPSA) is 95.9 Å². The van der Waals surface area contributed by atoms with Crippen LogP contribution in [0, 0.1) is 0 Å². The van der Waals surface area contributed by atoms with E-state index in [1.165, 1.54) is 295 Å². The predicted molar refractivity (Wildman–Crippen MR) is 315 cm³/mol. The van der Waals surface area contributed by atoms with E-state index in [1.807, 2.05) is 6.08 Å². The average molecular weight is 1010 g/mol. The van der Waals surface area contributed by atoms with Crippen molar-refractivity contribution in [3.63, 3.8) is 0 Å². The van der Waals surface area contributed by atoms with Crippen LogP contribution in [-0.4, -0.2) is 47.4 Å². The van der Waals surface area contributed by atoms with Gasteiger partial charge >= 0.3 is 5.97 Å². The minimum absolute atomic E-state index is 0.0172. The molecule has 0 heterocycles. The van der Waals surface area contributed by atoms with Crippen LogP contribution in [0.5, 0.6) is 0 Å². The predicted octanol–water partition coefficient (Wildman–Crippen LogP) is 20.6. The highest BCUT2D eigenvalue weighted by molar-refractivity contribution is 5.76. The summed E-state index contributed by atoms with van der Waals surface area (Å²) in [6, 6.07) is -0.628. The smallest absolute Gasteiger partial charge is 0.305 e. The summed E-state index contributed by atoms with van der Waals surface area (Å²) >= 11 is 0. The van der Waals surface area contributed by atoms with Gasteiger partial charge in [-0.2, -0.15) is 0 Å². The van der Waals surface area contributed by atoms with Gasteiger partial charge in [0.05, 0.1) is 25.4 Å². The number of carbonyl (C=O) groups excluding carboxylic acids is 2. The lowest BCUT2D eigenvalue weighted by Gasteiger charge is -2.20. The van der Waals surface area contributed by atoms with Crippen molar-refractivity contribution in [2.75, 3.05) is 13.2 Å². The molecule has 0 aromatic rings. The number of rotatable bonds is 61. The molecule has 1 amide bonds. The SMILES string of the molecule is CCCCCCCCCCCCCC/C=C/C(O)C(CO)NC(=O)CCCCCCCCCCCC/C=C\CCCCCCCCCCCCCCOC(=O)CCCCCCCCCCCCCCCCC. The normalized spacial score (nSPS) is 12.7. The molecule has 0 fully saturated rings. The lowest BCUT2D eigenvalue weighted by Crippen LogP contribution is -2.45. The van der Waals surface area contributed by atoms with Crippen molar-refractivity contribution >= 4 is 11.9 Å². The van der Waals surface area contributed by atoms with Crippen molar-refractivity contribution in [2.24, 2.45) is 0 Å². The Balaban J connectivity index is 3.39. The molecular weight excluding hydrogens is 887 g/mol. The van der Waals surface area contributed by atoms with Gasteiger partial charge < -0.3 is 20.3 Å².